The smallest absolute Gasteiger partial charge is 0.128 e. The monoisotopic (exact) mass is 273 g/mol. The lowest BCUT2D eigenvalue weighted by Gasteiger charge is -2.11. The van der Waals surface area contributed by atoms with Gasteiger partial charge in [0.1, 0.15) is 5.82 Å². The number of rotatable bonds is 9. The normalized spacial score (nSPS) is 10.8. The number of aliphatic hydroxyl groups is 1. The summed E-state index contributed by atoms with van der Waals surface area (Å²) >= 11 is 1.58. The van der Waals surface area contributed by atoms with Crippen LogP contribution in [0.25, 0.3) is 0 Å². The second-order valence-corrected chi connectivity index (χ2v) is 4.95. The highest BCUT2D eigenvalue weighted by Crippen LogP contribution is 2.25. The minimum atomic E-state index is -0.186. The lowest BCUT2D eigenvalue weighted by Crippen LogP contribution is -2.19. The molecular formula is C13H20FNO2S. The fourth-order valence-corrected chi connectivity index (χ4v) is 2.49. The minimum Gasteiger partial charge on any atom is -0.396 e. The molecule has 0 aliphatic rings. The van der Waals surface area contributed by atoms with E-state index in [1.54, 1.807) is 24.9 Å². The van der Waals surface area contributed by atoms with Crippen molar-refractivity contribution >= 4 is 11.8 Å². The Morgan fingerprint density at radius 1 is 1.44 bits per heavy atom. The zero-order valence-electron chi connectivity index (χ0n) is 10.6. The molecule has 0 fully saturated rings. The van der Waals surface area contributed by atoms with Gasteiger partial charge in [0.15, 0.2) is 0 Å². The maximum atomic E-state index is 13.7. The summed E-state index contributed by atoms with van der Waals surface area (Å²) in [6.45, 7) is 1.98. The van der Waals surface area contributed by atoms with Gasteiger partial charge in [-0.3, -0.25) is 0 Å². The van der Waals surface area contributed by atoms with Crippen molar-refractivity contribution < 1.29 is 14.2 Å². The minimum absolute atomic E-state index is 0.170. The highest BCUT2D eigenvalue weighted by atomic mass is 32.2. The Morgan fingerprint density at radius 3 is 3.00 bits per heavy atom. The van der Waals surface area contributed by atoms with Crippen molar-refractivity contribution in [2.45, 2.75) is 17.9 Å². The zero-order chi connectivity index (χ0) is 13.2. The number of halogens is 1. The highest BCUT2D eigenvalue weighted by molar-refractivity contribution is 7.99. The molecular weight excluding hydrogens is 253 g/mol. The van der Waals surface area contributed by atoms with E-state index in [4.69, 9.17) is 9.84 Å². The van der Waals surface area contributed by atoms with Crippen molar-refractivity contribution in [1.29, 1.82) is 0 Å². The van der Waals surface area contributed by atoms with Crippen molar-refractivity contribution in [2.24, 2.45) is 0 Å². The number of hydrogen-bond donors (Lipinski definition) is 2. The van der Waals surface area contributed by atoms with Gasteiger partial charge in [-0.15, -0.1) is 11.8 Å². The summed E-state index contributed by atoms with van der Waals surface area (Å²) in [6.07, 6.45) is 0.720. The van der Waals surface area contributed by atoms with Crippen LogP contribution in [0.1, 0.15) is 12.0 Å². The predicted octanol–water partition coefficient (Wildman–Crippen LogP) is 2.04. The largest absolute Gasteiger partial charge is 0.396 e. The van der Waals surface area contributed by atoms with E-state index in [2.05, 4.69) is 5.32 Å². The molecule has 0 heterocycles. The van der Waals surface area contributed by atoms with Crippen LogP contribution in [0.3, 0.4) is 0 Å². The number of methoxy groups -OCH3 is 1. The molecule has 102 valence electrons. The maximum absolute atomic E-state index is 13.7. The van der Waals surface area contributed by atoms with E-state index in [9.17, 15) is 4.39 Å². The Bertz CT molecular complexity index is 350. The molecule has 1 aromatic carbocycles. The van der Waals surface area contributed by atoms with Crippen molar-refractivity contribution in [3.05, 3.63) is 29.6 Å². The molecule has 0 saturated carbocycles. The first kappa shape index (κ1) is 15.4. The molecule has 3 nitrogen and oxygen atoms in total. The van der Waals surface area contributed by atoms with Gasteiger partial charge in [-0.25, -0.2) is 4.39 Å². The van der Waals surface area contributed by atoms with Crippen molar-refractivity contribution in [2.75, 3.05) is 32.6 Å². The van der Waals surface area contributed by atoms with Crippen LogP contribution in [0.15, 0.2) is 23.1 Å². The number of aliphatic hydroxyl groups excluding tert-OH is 1. The molecule has 0 saturated heterocycles. The lowest BCUT2D eigenvalue weighted by molar-refractivity contribution is 0.199. The first-order valence-electron chi connectivity index (χ1n) is 6.00. The predicted molar refractivity (Wildman–Crippen MR) is 72.4 cm³/mol. The molecule has 5 heteroatoms. The van der Waals surface area contributed by atoms with E-state index < -0.39 is 0 Å². The summed E-state index contributed by atoms with van der Waals surface area (Å²) in [5, 5.41) is 11.9. The first-order chi connectivity index (χ1) is 8.79. The van der Waals surface area contributed by atoms with E-state index in [-0.39, 0.29) is 12.4 Å². The average Bonchev–Trinajstić information content (AvgIpc) is 2.37. The molecule has 0 spiro atoms. The molecule has 2 N–H and O–H groups in total. The van der Waals surface area contributed by atoms with Crippen LogP contribution in [0.2, 0.25) is 0 Å². The second-order valence-electron chi connectivity index (χ2n) is 3.81. The average molecular weight is 273 g/mol. The number of benzene rings is 1. The van der Waals surface area contributed by atoms with Gasteiger partial charge in [-0.05, 0) is 18.6 Å². The first-order valence-corrected chi connectivity index (χ1v) is 6.99. The molecule has 0 unspecified atom stereocenters. The molecule has 0 atom stereocenters. The molecule has 0 radical (unpaired) electrons. The van der Waals surface area contributed by atoms with Gasteiger partial charge < -0.3 is 15.2 Å². The molecule has 0 aromatic heterocycles. The third kappa shape index (κ3) is 5.35. The van der Waals surface area contributed by atoms with Crippen molar-refractivity contribution in [3.63, 3.8) is 0 Å². The number of ether oxygens (including phenoxy) is 1. The van der Waals surface area contributed by atoms with Crippen molar-refractivity contribution in [3.8, 4) is 0 Å². The Kier molecular flexibility index (Phi) is 8.00. The van der Waals surface area contributed by atoms with E-state index in [0.717, 1.165) is 17.1 Å². The van der Waals surface area contributed by atoms with Gasteiger partial charge in [0.2, 0.25) is 0 Å². The van der Waals surface area contributed by atoms with E-state index >= 15 is 0 Å². The molecule has 18 heavy (non-hydrogen) atoms. The summed E-state index contributed by atoms with van der Waals surface area (Å²) in [5.41, 5.74) is 0.691. The van der Waals surface area contributed by atoms with Gasteiger partial charge in [0.05, 0.1) is 6.61 Å². The molecule has 0 aliphatic carbocycles. The fraction of sp³-hybridized carbons (Fsp3) is 0.538. The van der Waals surface area contributed by atoms with Gasteiger partial charge in [0.25, 0.3) is 0 Å². The summed E-state index contributed by atoms with van der Waals surface area (Å²) in [6, 6.07) is 5.11. The SMILES string of the molecule is COCCNCc1c(F)cccc1SCCCO. The summed E-state index contributed by atoms with van der Waals surface area (Å²) in [5.74, 6) is 0.610. The summed E-state index contributed by atoms with van der Waals surface area (Å²) < 4.78 is 18.7. The van der Waals surface area contributed by atoms with Crippen LogP contribution >= 0.6 is 11.8 Å². The maximum Gasteiger partial charge on any atom is 0.128 e. The van der Waals surface area contributed by atoms with Crippen LogP contribution in [0.5, 0.6) is 0 Å². The standard InChI is InChI=1S/C13H20FNO2S/c1-17-8-6-15-10-11-12(14)4-2-5-13(11)18-9-3-7-16/h2,4-5,15-16H,3,6-10H2,1H3. The Balaban J connectivity index is 2.56. The Morgan fingerprint density at radius 2 is 2.28 bits per heavy atom. The van der Waals surface area contributed by atoms with Gasteiger partial charge in [0, 0.05) is 43.0 Å². The number of hydrogen-bond acceptors (Lipinski definition) is 4. The van der Waals surface area contributed by atoms with E-state index in [0.29, 0.717) is 25.3 Å². The third-order valence-corrected chi connectivity index (χ3v) is 3.61. The molecule has 1 aromatic rings. The Hall–Kier alpha value is -0.620. The van der Waals surface area contributed by atoms with Crippen LogP contribution in [-0.4, -0.2) is 37.7 Å². The highest BCUT2D eigenvalue weighted by Gasteiger charge is 2.08. The van der Waals surface area contributed by atoms with Gasteiger partial charge in [-0.1, -0.05) is 6.07 Å². The van der Waals surface area contributed by atoms with E-state index in [1.165, 1.54) is 6.07 Å². The van der Waals surface area contributed by atoms with Crippen LogP contribution in [-0.2, 0) is 11.3 Å². The molecule has 0 aliphatic heterocycles. The molecule has 0 amide bonds. The Labute approximate surface area is 112 Å². The van der Waals surface area contributed by atoms with Crippen LogP contribution in [0, 0.1) is 5.82 Å². The van der Waals surface area contributed by atoms with E-state index in [1.807, 2.05) is 6.07 Å². The number of thioether (sulfide) groups is 1. The second kappa shape index (κ2) is 9.33. The van der Waals surface area contributed by atoms with Crippen LogP contribution < -0.4 is 5.32 Å². The third-order valence-electron chi connectivity index (χ3n) is 2.42. The zero-order valence-corrected chi connectivity index (χ0v) is 11.4. The van der Waals surface area contributed by atoms with Crippen molar-refractivity contribution in [1.82, 2.24) is 5.32 Å². The fourth-order valence-electron chi connectivity index (χ4n) is 1.48. The molecule has 1 rings (SSSR count). The van der Waals surface area contributed by atoms with Gasteiger partial charge >= 0.3 is 0 Å². The quantitative estimate of drug-likeness (QED) is 0.534. The van der Waals surface area contributed by atoms with Gasteiger partial charge in [-0.2, -0.15) is 0 Å². The lowest BCUT2D eigenvalue weighted by atomic mass is 10.2. The summed E-state index contributed by atoms with van der Waals surface area (Å²) in [4.78, 5) is 0.938. The topological polar surface area (TPSA) is 41.5 Å². The van der Waals surface area contributed by atoms with Crippen LogP contribution in [0.4, 0.5) is 4.39 Å². The molecule has 0 bridgehead atoms. The summed E-state index contributed by atoms with van der Waals surface area (Å²) in [7, 11) is 1.64. The number of nitrogens with one attached hydrogen (secondary N) is 1.